The summed E-state index contributed by atoms with van der Waals surface area (Å²) in [6.07, 6.45) is 5.43. The zero-order valence-corrected chi connectivity index (χ0v) is 15.3. The maximum absolute atomic E-state index is 12.1. The lowest BCUT2D eigenvalue weighted by atomic mass is 10.0. The van der Waals surface area contributed by atoms with E-state index in [1.165, 1.54) is 37.6 Å². The van der Waals surface area contributed by atoms with Crippen molar-refractivity contribution in [2.24, 2.45) is 0 Å². The zero-order chi connectivity index (χ0) is 17.6. The molecule has 1 unspecified atom stereocenters. The fraction of sp³-hybridized carbons (Fsp3) is 0.400. The highest BCUT2D eigenvalue weighted by Crippen LogP contribution is 2.19. The minimum atomic E-state index is -0.143. The minimum Gasteiger partial charge on any atom is -0.348 e. The van der Waals surface area contributed by atoms with Crippen LogP contribution in [0.1, 0.15) is 47.7 Å². The van der Waals surface area contributed by atoms with E-state index in [0.717, 1.165) is 12.1 Å². The number of rotatable bonds is 5. The van der Waals surface area contributed by atoms with Crippen LogP contribution in [-0.2, 0) is 13.1 Å². The highest BCUT2D eigenvalue weighted by molar-refractivity contribution is 6.29. The van der Waals surface area contributed by atoms with E-state index >= 15 is 0 Å². The van der Waals surface area contributed by atoms with Crippen molar-refractivity contribution < 1.29 is 4.79 Å². The molecule has 2 aromatic rings. The highest BCUT2D eigenvalue weighted by Gasteiger charge is 2.17. The Kier molecular flexibility index (Phi) is 6.05. The lowest BCUT2D eigenvalue weighted by molar-refractivity contribution is 0.0950. The number of halogens is 1. The van der Waals surface area contributed by atoms with Crippen molar-refractivity contribution >= 4 is 17.5 Å². The number of nitrogens with zero attached hydrogens (tertiary/aromatic N) is 2. The Morgan fingerprint density at radius 3 is 2.64 bits per heavy atom. The van der Waals surface area contributed by atoms with E-state index in [1.54, 1.807) is 12.1 Å². The van der Waals surface area contributed by atoms with E-state index in [2.05, 4.69) is 46.4 Å². The molecule has 3 rings (SSSR count). The number of benzene rings is 1. The first kappa shape index (κ1) is 17.9. The summed E-state index contributed by atoms with van der Waals surface area (Å²) in [4.78, 5) is 18.6. The molecule has 5 heteroatoms. The largest absolute Gasteiger partial charge is 0.348 e. The Morgan fingerprint density at radius 1 is 1.20 bits per heavy atom. The number of piperidine rings is 1. The quantitative estimate of drug-likeness (QED) is 0.821. The second kappa shape index (κ2) is 8.45. The van der Waals surface area contributed by atoms with Gasteiger partial charge in [0.1, 0.15) is 5.15 Å². The van der Waals surface area contributed by atoms with E-state index in [9.17, 15) is 4.79 Å². The molecule has 0 spiro atoms. The molecule has 0 saturated carbocycles. The summed E-state index contributed by atoms with van der Waals surface area (Å²) in [5.74, 6) is -0.143. The first-order chi connectivity index (χ1) is 12.1. The summed E-state index contributed by atoms with van der Waals surface area (Å²) in [5, 5.41) is 3.29. The van der Waals surface area contributed by atoms with E-state index in [0.29, 0.717) is 23.3 Å². The van der Waals surface area contributed by atoms with Crippen LogP contribution in [0.15, 0.2) is 42.6 Å². The van der Waals surface area contributed by atoms with Crippen LogP contribution < -0.4 is 5.32 Å². The molecule has 1 saturated heterocycles. The molecule has 1 N–H and O–H groups in total. The predicted octanol–water partition coefficient (Wildman–Crippen LogP) is 4.04. The van der Waals surface area contributed by atoms with Gasteiger partial charge in [0.05, 0.1) is 5.56 Å². The number of hydrogen-bond donors (Lipinski definition) is 1. The second-order valence-corrected chi connectivity index (χ2v) is 7.07. The maximum atomic E-state index is 12.1. The average molecular weight is 358 g/mol. The van der Waals surface area contributed by atoms with Crippen LogP contribution in [0, 0.1) is 0 Å². The van der Waals surface area contributed by atoms with Crippen molar-refractivity contribution in [3.8, 4) is 0 Å². The standard InChI is InChI=1S/C20H24ClN3O/c1-15-4-2-3-11-24(15)14-17-7-5-16(6-8-17)12-23-20(25)18-9-10-19(21)22-13-18/h5-10,13,15H,2-4,11-12,14H2,1H3,(H,23,25). The van der Waals surface area contributed by atoms with Crippen LogP contribution in [0.4, 0.5) is 0 Å². The third kappa shape index (κ3) is 5.03. The second-order valence-electron chi connectivity index (χ2n) is 6.68. The molecule has 2 heterocycles. The summed E-state index contributed by atoms with van der Waals surface area (Å²) in [6.45, 7) is 5.01. The molecule has 1 amide bonds. The van der Waals surface area contributed by atoms with E-state index in [-0.39, 0.29) is 5.91 Å². The molecular weight excluding hydrogens is 334 g/mol. The molecule has 25 heavy (non-hydrogen) atoms. The number of amides is 1. The van der Waals surface area contributed by atoms with Crippen LogP contribution in [0.5, 0.6) is 0 Å². The third-order valence-corrected chi connectivity index (χ3v) is 5.02. The van der Waals surface area contributed by atoms with Gasteiger partial charge in [-0.15, -0.1) is 0 Å². The maximum Gasteiger partial charge on any atom is 0.253 e. The molecule has 132 valence electrons. The Bertz CT molecular complexity index is 700. The Morgan fingerprint density at radius 2 is 1.96 bits per heavy atom. The van der Waals surface area contributed by atoms with Crippen molar-refractivity contribution in [1.82, 2.24) is 15.2 Å². The number of likely N-dealkylation sites (tertiary alicyclic amines) is 1. The van der Waals surface area contributed by atoms with Gasteiger partial charge in [0, 0.05) is 25.3 Å². The van der Waals surface area contributed by atoms with Gasteiger partial charge in [-0.2, -0.15) is 0 Å². The smallest absolute Gasteiger partial charge is 0.253 e. The fourth-order valence-corrected chi connectivity index (χ4v) is 3.30. The summed E-state index contributed by atoms with van der Waals surface area (Å²) in [6, 6.07) is 12.5. The molecule has 1 aliphatic heterocycles. The van der Waals surface area contributed by atoms with Crippen molar-refractivity contribution in [2.75, 3.05) is 6.54 Å². The van der Waals surface area contributed by atoms with Gasteiger partial charge in [-0.1, -0.05) is 42.3 Å². The number of hydrogen-bond acceptors (Lipinski definition) is 3. The fourth-order valence-electron chi connectivity index (χ4n) is 3.18. The molecular formula is C20H24ClN3O. The molecule has 1 aliphatic rings. The van der Waals surface area contributed by atoms with Gasteiger partial charge in [0.2, 0.25) is 0 Å². The summed E-state index contributed by atoms with van der Waals surface area (Å²) < 4.78 is 0. The summed E-state index contributed by atoms with van der Waals surface area (Å²) in [5.41, 5.74) is 2.93. The van der Waals surface area contributed by atoms with Gasteiger partial charge in [-0.05, 0) is 49.6 Å². The van der Waals surface area contributed by atoms with Crippen molar-refractivity contribution in [1.29, 1.82) is 0 Å². The number of nitrogens with one attached hydrogen (secondary N) is 1. The lowest BCUT2D eigenvalue weighted by Crippen LogP contribution is -2.36. The van der Waals surface area contributed by atoms with Gasteiger partial charge in [0.15, 0.2) is 0 Å². The van der Waals surface area contributed by atoms with Crippen LogP contribution >= 0.6 is 11.6 Å². The molecule has 1 aromatic heterocycles. The Balaban J connectivity index is 1.52. The molecule has 0 radical (unpaired) electrons. The number of pyridine rings is 1. The van der Waals surface area contributed by atoms with Gasteiger partial charge >= 0.3 is 0 Å². The molecule has 4 nitrogen and oxygen atoms in total. The van der Waals surface area contributed by atoms with Crippen molar-refractivity contribution in [3.63, 3.8) is 0 Å². The Labute approximate surface area is 154 Å². The van der Waals surface area contributed by atoms with Crippen LogP contribution in [0.25, 0.3) is 0 Å². The molecule has 1 aromatic carbocycles. The topological polar surface area (TPSA) is 45.2 Å². The number of aromatic nitrogens is 1. The predicted molar refractivity (Wildman–Crippen MR) is 101 cm³/mol. The number of carbonyl (C=O) groups excluding carboxylic acids is 1. The van der Waals surface area contributed by atoms with Crippen molar-refractivity contribution in [2.45, 2.75) is 45.3 Å². The van der Waals surface area contributed by atoms with Gasteiger partial charge < -0.3 is 5.32 Å². The Hall–Kier alpha value is -1.91. The SMILES string of the molecule is CC1CCCCN1Cc1ccc(CNC(=O)c2ccc(Cl)nc2)cc1. The van der Waals surface area contributed by atoms with Gasteiger partial charge in [-0.25, -0.2) is 4.98 Å². The zero-order valence-electron chi connectivity index (χ0n) is 14.5. The first-order valence-electron chi connectivity index (χ1n) is 8.83. The van der Waals surface area contributed by atoms with E-state index in [1.807, 2.05) is 0 Å². The van der Waals surface area contributed by atoms with Gasteiger partial charge in [-0.3, -0.25) is 9.69 Å². The van der Waals surface area contributed by atoms with E-state index in [4.69, 9.17) is 11.6 Å². The van der Waals surface area contributed by atoms with Crippen LogP contribution in [0.2, 0.25) is 5.15 Å². The van der Waals surface area contributed by atoms with E-state index < -0.39 is 0 Å². The molecule has 1 atom stereocenters. The third-order valence-electron chi connectivity index (χ3n) is 4.79. The minimum absolute atomic E-state index is 0.143. The van der Waals surface area contributed by atoms with Crippen molar-refractivity contribution in [3.05, 3.63) is 64.4 Å². The normalized spacial score (nSPS) is 18.1. The monoisotopic (exact) mass is 357 g/mol. The first-order valence-corrected chi connectivity index (χ1v) is 9.21. The summed E-state index contributed by atoms with van der Waals surface area (Å²) in [7, 11) is 0. The van der Waals surface area contributed by atoms with Gasteiger partial charge in [0.25, 0.3) is 5.91 Å². The van der Waals surface area contributed by atoms with Crippen LogP contribution in [0.3, 0.4) is 0 Å². The average Bonchev–Trinajstić information content (AvgIpc) is 2.63. The summed E-state index contributed by atoms with van der Waals surface area (Å²) >= 11 is 5.74. The molecule has 0 aliphatic carbocycles. The lowest BCUT2D eigenvalue weighted by Gasteiger charge is -2.33. The number of carbonyl (C=O) groups is 1. The highest BCUT2D eigenvalue weighted by atomic mass is 35.5. The molecule has 0 bridgehead atoms. The molecule has 1 fully saturated rings. The van der Waals surface area contributed by atoms with Crippen LogP contribution in [-0.4, -0.2) is 28.4 Å².